The van der Waals surface area contributed by atoms with E-state index in [1.54, 1.807) is 12.1 Å². The van der Waals surface area contributed by atoms with Crippen LogP contribution in [0.4, 0.5) is 20.2 Å². The lowest BCUT2D eigenvalue weighted by Crippen LogP contribution is -2.04. The molecule has 1 saturated carbocycles. The molecule has 1 aromatic heterocycles. The molecule has 0 aliphatic heterocycles. The van der Waals surface area contributed by atoms with Crippen molar-refractivity contribution in [3.05, 3.63) is 42.5 Å². The average Bonchev–Trinajstić information content (AvgIpc) is 3.35. The number of benzene rings is 2. The van der Waals surface area contributed by atoms with Crippen LogP contribution in [-0.2, 0) is 6.54 Å². The largest absolute Gasteiger partial charge is 0.435 e. The third-order valence-electron chi connectivity index (χ3n) is 4.62. The third-order valence-corrected chi connectivity index (χ3v) is 4.62. The number of ether oxygens (including phenoxy) is 1. The molecule has 0 atom stereocenters. The highest BCUT2D eigenvalue weighted by Crippen LogP contribution is 2.41. The molecule has 4 N–H and O–H groups in total. The fraction of sp³-hybridized carbons (Fsp3) is 0.263. The predicted molar refractivity (Wildman–Crippen MR) is 95.6 cm³/mol. The van der Waals surface area contributed by atoms with E-state index in [2.05, 4.69) is 9.30 Å². The lowest BCUT2D eigenvalue weighted by molar-refractivity contribution is -0.0497. The van der Waals surface area contributed by atoms with Crippen molar-refractivity contribution >= 4 is 22.3 Å². The Bertz CT molecular complexity index is 915. The number of nitrogen functional groups attached to an aromatic ring is 2. The van der Waals surface area contributed by atoms with Crippen LogP contribution in [0.25, 0.3) is 22.2 Å². The first-order valence-electron chi connectivity index (χ1n) is 8.25. The molecular weight excluding hydrogens is 324 g/mol. The van der Waals surface area contributed by atoms with Gasteiger partial charge >= 0.3 is 6.61 Å². The maximum absolute atomic E-state index is 12.6. The van der Waals surface area contributed by atoms with Crippen LogP contribution >= 0.6 is 0 Å². The quantitative estimate of drug-likeness (QED) is 0.671. The Kier molecular flexibility index (Phi) is 3.75. The zero-order chi connectivity index (χ0) is 17.6. The molecule has 2 aromatic carbocycles. The van der Waals surface area contributed by atoms with E-state index < -0.39 is 6.61 Å². The van der Waals surface area contributed by atoms with Crippen LogP contribution in [0.15, 0.2) is 42.5 Å². The molecule has 0 radical (unpaired) electrons. The molecule has 130 valence electrons. The van der Waals surface area contributed by atoms with Gasteiger partial charge < -0.3 is 20.8 Å². The Morgan fingerprint density at radius 2 is 1.80 bits per heavy atom. The summed E-state index contributed by atoms with van der Waals surface area (Å²) >= 11 is 0. The molecule has 1 heterocycles. The Hall–Kier alpha value is -2.76. The predicted octanol–water partition coefficient (Wildman–Crippen LogP) is 4.48. The van der Waals surface area contributed by atoms with Gasteiger partial charge in [0.2, 0.25) is 0 Å². The van der Waals surface area contributed by atoms with Crippen molar-refractivity contribution in [3.63, 3.8) is 0 Å². The van der Waals surface area contributed by atoms with Crippen molar-refractivity contribution < 1.29 is 13.5 Å². The topological polar surface area (TPSA) is 66.2 Å². The number of nitrogens with two attached hydrogens (primary N) is 2. The van der Waals surface area contributed by atoms with E-state index in [1.165, 1.54) is 18.9 Å². The van der Waals surface area contributed by atoms with Crippen molar-refractivity contribution in [1.82, 2.24) is 4.57 Å². The second-order valence-corrected chi connectivity index (χ2v) is 6.50. The summed E-state index contributed by atoms with van der Waals surface area (Å²) in [5.74, 6) is 0.739. The van der Waals surface area contributed by atoms with Gasteiger partial charge in [-0.1, -0.05) is 12.1 Å². The summed E-state index contributed by atoms with van der Waals surface area (Å²) in [5, 5.41) is 0.842. The van der Waals surface area contributed by atoms with E-state index in [1.807, 2.05) is 24.3 Å². The SMILES string of the molecule is Nc1ccc(-c2c(N)c3ccc(OC(F)F)cc3n2CC2CC2)cc1. The minimum absolute atomic E-state index is 0.140. The number of anilines is 2. The van der Waals surface area contributed by atoms with Crippen molar-refractivity contribution in [2.75, 3.05) is 11.5 Å². The Labute approximate surface area is 144 Å². The molecule has 4 nitrogen and oxygen atoms in total. The van der Waals surface area contributed by atoms with Crippen molar-refractivity contribution in [2.45, 2.75) is 26.0 Å². The van der Waals surface area contributed by atoms with Crippen LogP contribution in [0.2, 0.25) is 0 Å². The molecule has 6 heteroatoms. The van der Waals surface area contributed by atoms with Crippen LogP contribution in [0.1, 0.15) is 12.8 Å². The number of aromatic nitrogens is 1. The lowest BCUT2D eigenvalue weighted by atomic mass is 10.1. The smallest absolute Gasteiger partial charge is 0.387 e. The van der Waals surface area contributed by atoms with Gasteiger partial charge in [-0.05, 0) is 43.0 Å². The zero-order valence-electron chi connectivity index (χ0n) is 13.6. The second-order valence-electron chi connectivity index (χ2n) is 6.50. The van der Waals surface area contributed by atoms with Crippen molar-refractivity contribution in [1.29, 1.82) is 0 Å². The normalized spacial score (nSPS) is 14.4. The van der Waals surface area contributed by atoms with Crippen molar-refractivity contribution in [2.24, 2.45) is 5.92 Å². The van der Waals surface area contributed by atoms with Gasteiger partial charge in [-0.2, -0.15) is 8.78 Å². The molecule has 0 amide bonds. The lowest BCUT2D eigenvalue weighted by Gasteiger charge is -2.12. The standard InChI is InChI=1S/C19H19F2N3O/c20-19(21)25-14-7-8-15-16(9-14)24(10-11-1-2-11)18(17(15)23)12-3-5-13(22)6-4-12/h3-9,11,19H,1-2,10,22-23H2. The molecule has 1 aliphatic rings. The van der Waals surface area contributed by atoms with E-state index >= 15 is 0 Å². The Balaban J connectivity index is 1.90. The third kappa shape index (κ3) is 2.99. The first kappa shape index (κ1) is 15.7. The summed E-state index contributed by atoms with van der Waals surface area (Å²) in [6, 6.07) is 12.4. The fourth-order valence-corrected chi connectivity index (χ4v) is 3.23. The summed E-state index contributed by atoms with van der Waals surface area (Å²) in [6.07, 6.45) is 2.35. The Morgan fingerprint density at radius 3 is 2.44 bits per heavy atom. The maximum atomic E-state index is 12.6. The second kappa shape index (κ2) is 5.95. The molecule has 1 fully saturated rings. The number of fused-ring (bicyclic) bond motifs is 1. The van der Waals surface area contributed by atoms with Gasteiger partial charge in [-0.3, -0.25) is 0 Å². The van der Waals surface area contributed by atoms with Crippen LogP contribution in [0.3, 0.4) is 0 Å². The molecule has 3 aromatic rings. The highest BCUT2D eigenvalue weighted by Gasteiger charge is 2.26. The summed E-state index contributed by atoms with van der Waals surface area (Å²) in [5.41, 5.74) is 16.2. The number of halogens is 2. The number of hydrogen-bond acceptors (Lipinski definition) is 3. The molecule has 0 spiro atoms. The molecule has 0 unspecified atom stereocenters. The summed E-state index contributed by atoms with van der Waals surface area (Å²) in [7, 11) is 0. The average molecular weight is 343 g/mol. The summed E-state index contributed by atoms with van der Waals surface area (Å²) < 4.78 is 31.8. The van der Waals surface area contributed by atoms with Gasteiger partial charge in [-0.25, -0.2) is 0 Å². The Morgan fingerprint density at radius 1 is 1.08 bits per heavy atom. The minimum Gasteiger partial charge on any atom is -0.435 e. The van der Waals surface area contributed by atoms with Gasteiger partial charge in [-0.15, -0.1) is 0 Å². The molecule has 0 bridgehead atoms. The molecule has 0 saturated heterocycles. The maximum Gasteiger partial charge on any atom is 0.387 e. The number of rotatable bonds is 5. The number of nitrogens with zero attached hydrogens (tertiary/aromatic N) is 1. The summed E-state index contributed by atoms with van der Waals surface area (Å²) in [4.78, 5) is 0. The minimum atomic E-state index is -2.85. The van der Waals surface area contributed by atoms with Crippen LogP contribution in [-0.4, -0.2) is 11.2 Å². The van der Waals surface area contributed by atoms with Crippen molar-refractivity contribution in [3.8, 4) is 17.0 Å². The molecule has 1 aliphatic carbocycles. The molecule has 25 heavy (non-hydrogen) atoms. The molecular formula is C19H19F2N3O. The van der Waals surface area contributed by atoms with Gasteiger partial charge in [0.25, 0.3) is 0 Å². The van der Waals surface area contributed by atoms with Crippen LogP contribution < -0.4 is 16.2 Å². The first-order valence-corrected chi connectivity index (χ1v) is 8.25. The van der Waals surface area contributed by atoms with E-state index in [9.17, 15) is 8.78 Å². The fourth-order valence-electron chi connectivity index (χ4n) is 3.23. The van der Waals surface area contributed by atoms with Gasteiger partial charge in [0, 0.05) is 29.2 Å². The highest BCUT2D eigenvalue weighted by atomic mass is 19.3. The van der Waals surface area contributed by atoms with E-state index in [-0.39, 0.29) is 5.75 Å². The van der Waals surface area contributed by atoms with Gasteiger partial charge in [0.05, 0.1) is 16.9 Å². The van der Waals surface area contributed by atoms with Gasteiger partial charge in [0.15, 0.2) is 0 Å². The zero-order valence-corrected chi connectivity index (χ0v) is 13.6. The van der Waals surface area contributed by atoms with E-state index in [4.69, 9.17) is 11.5 Å². The monoisotopic (exact) mass is 343 g/mol. The van der Waals surface area contributed by atoms with E-state index in [0.717, 1.165) is 28.7 Å². The van der Waals surface area contributed by atoms with E-state index in [0.29, 0.717) is 17.3 Å². The number of alkyl halides is 2. The first-order chi connectivity index (χ1) is 12.0. The van der Waals surface area contributed by atoms with Crippen LogP contribution in [0.5, 0.6) is 5.75 Å². The summed E-state index contributed by atoms with van der Waals surface area (Å²) in [6.45, 7) is -2.04. The van der Waals surface area contributed by atoms with Crippen LogP contribution in [0, 0.1) is 5.92 Å². The van der Waals surface area contributed by atoms with Gasteiger partial charge in [0.1, 0.15) is 5.75 Å². The highest BCUT2D eigenvalue weighted by molar-refractivity contribution is 6.01. The number of hydrogen-bond donors (Lipinski definition) is 2. The molecule has 4 rings (SSSR count).